The maximum absolute atomic E-state index is 13.0. The Kier molecular flexibility index (Phi) is 7.70. The monoisotopic (exact) mass is 466 g/mol. The Labute approximate surface area is 200 Å². The molecule has 0 radical (unpaired) electrons. The van der Waals surface area contributed by atoms with Crippen LogP contribution in [0.15, 0.2) is 48.5 Å². The molecule has 2 saturated heterocycles. The van der Waals surface area contributed by atoms with Crippen molar-refractivity contribution in [2.75, 3.05) is 27.2 Å². The van der Waals surface area contributed by atoms with E-state index in [4.69, 9.17) is 4.74 Å². The summed E-state index contributed by atoms with van der Waals surface area (Å²) in [6, 6.07) is 14.8. The Hall–Kier alpha value is -3.10. The predicted octanol–water partition coefficient (Wildman–Crippen LogP) is 1.87. The van der Waals surface area contributed by atoms with E-state index in [2.05, 4.69) is 27.5 Å². The van der Waals surface area contributed by atoms with E-state index in [0.29, 0.717) is 32.5 Å². The molecule has 0 bridgehead atoms. The Morgan fingerprint density at radius 1 is 1.15 bits per heavy atom. The number of hydrogen-bond acceptors (Lipinski definition) is 6. The molecule has 2 aromatic carbocycles. The number of fused-ring (bicyclic) bond motifs is 1. The van der Waals surface area contributed by atoms with Gasteiger partial charge in [0.05, 0.1) is 7.11 Å². The minimum absolute atomic E-state index is 0.0109. The number of aromatic hydroxyl groups is 1. The number of amides is 2. The van der Waals surface area contributed by atoms with Crippen LogP contribution >= 0.6 is 0 Å². The van der Waals surface area contributed by atoms with Crippen molar-refractivity contribution >= 4 is 11.8 Å². The van der Waals surface area contributed by atoms with Gasteiger partial charge < -0.3 is 20.5 Å². The van der Waals surface area contributed by atoms with Gasteiger partial charge >= 0.3 is 0 Å². The molecule has 8 nitrogen and oxygen atoms in total. The van der Waals surface area contributed by atoms with Crippen LogP contribution in [0.25, 0.3) is 0 Å². The summed E-state index contributed by atoms with van der Waals surface area (Å²) in [5.41, 5.74) is 2.10. The van der Waals surface area contributed by atoms with Gasteiger partial charge in [-0.25, -0.2) is 0 Å². The predicted molar refractivity (Wildman–Crippen MR) is 129 cm³/mol. The lowest BCUT2D eigenvalue weighted by molar-refractivity contribution is -0.126. The lowest BCUT2D eigenvalue weighted by Crippen LogP contribution is -2.49. The molecule has 0 aliphatic carbocycles. The second-order valence-electron chi connectivity index (χ2n) is 9.17. The standard InChI is InChI=1S/C26H34N4O4/c1-29-20(7-12-24(32)27-15-18-5-10-22(34-2)11-6-18)16-28-26(33)25-23(29)13-14-30(25)17-19-3-8-21(31)9-4-19/h3-6,8-11,20,23,25,31H,7,12-17H2,1-2H3,(H,27,32)(H,28,33). The Morgan fingerprint density at radius 3 is 2.56 bits per heavy atom. The first-order chi connectivity index (χ1) is 16.4. The molecule has 3 unspecified atom stereocenters. The number of methoxy groups -OCH3 is 1. The van der Waals surface area contributed by atoms with E-state index in [1.165, 1.54) is 0 Å². The van der Waals surface area contributed by atoms with Gasteiger partial charge in [-0.1, -0.05) is 24.3 Å². The van der Waals surface area contributed by atoms with Gasteiger partial charge in [0.25, 0.3) is 0 Å². The summed E-state index contributed by atoms with van der Waals surface area (Å²) in [5, 5.41) is 15.6. The molecule has 8 heteroatoms. The van der Waals surface area contributed by atoms with Crippen molar-refractivity contribution < 1.29 is 19.4 Å². The van der Waals surface area contributed by atoms with Gasteiger partial charge in [-0.15, -0.1) is 0 Å². The number of likely N-dealkylation sites (N-methyl/N-ethyl adjacent to an activating group) is 1. The smallest absolute Gasteiger partial charge is 0.239 e. The summed E-state index contributed by atoms with van der Waals surface area (Å²) in [5.74, 6) is 1.10. The quantitative estimate of drug-likeness (QED) is 0.550. The van der Waals surface area contributed by atoms with Gasteiger partial charge in [0.2, 0.25) is 11.8 Å². The van der Waals surface area contributed by atoms with Crippen LogP contribution in [0.5, 0.6) is 11.5 Å². The van der Waals surface area contributed by atoms with E-state index < -0.39 is 0 Å². The first-order valence-corrected chi connectivity index (χ1v) is 11.9. The van der Waals surface area contributed by atoms with Crippen LogP contribution < -0.4 is 15.4 Å². The average molecular weight is 467 g/mol. The molecule has 3 N–H and O–H groups in total. The molecule has 2 aromatic rings. The lowest BCUT2D eigenvalue weighted by Gasteiger charge is -2.33. The number of carbonyl (C=O) groups excluding carboxylic acids is 2. The highest BCUT2D eigenvalue weighted by Gasteiger charge is 2.44. The average Bonchev–Trinajstić information content (AvgIpc) is 3.22. The number of nitrogens with one attached hydrogen (secondary N) is 2. The van der Waals surface area contributed by atoms with E-state index >= 15 is 0 Å². The molecule has 0 saturated carbocycles. The highest BCUT2D eigenvalue weighted by molar-refractivity contribution is 5.83. The van der Waals surface area contributed by atoms with Crippen LogP contribution in [0, 0.1) is 0 Å². The largest absolute Gasteiger partial charge is 0.508 e. The summed E-state index contributed by atoms with van der Waals surface area (Å²) >= 11 is 0. The van der Waals surface area contributed by atoms with Crippen molar-refractivity contribution in [3.63, 3.8) is 0 Å². The summed E-state index contributed by atoms with van der Waals surface area (Å²) in [7, 11) is 3.70. The van der Waals surface area contributed by atoms with Crippen LogP contribution in [-0.4, -0.2) is 72.1 Å². The zero-order chi connectivity index (χ0) is 24.1. The number of carbonyl (C=O) groups is 2. The van der Waals surface area contributed by atoms with Gasteiger partial charge in [0, 0.05) is 44.7 Å². The molecule has 2 heterocycles. The van der Waals surface area contributed by atoms with Crippen molar-refractivity contribution in [3.05, 3.63) is 59.7 Å². The fourth-order valence-electron chi connectivity index (χ4n) is 4.99. The summed E-state index contributed by atoms with van der Waals surface area (Å²) in [4.78, 5) is 30.0. The first-order valence-electron chi connectivity index (χ1n) is 11.9. The zero-order valence-corrected chi connectivity index (χ0v) is 19.9. The van der Waals surface area contributed by atoms with Crippen molar-refractivity contribution in [1.82, 2.24) is 20.4 Å². The fraction of sp³-hybridized carbons (Fsp3) is 0.462. The number of hydrogen-bond donors (Lipinski definition) is 3. The van der Waals surface area contributed by atoms with Gasteiger partial charge in [0.15, 0.2) is 0 Å². The van der Waals surface area contributed by atoms with Crippen LogP contribution in [-0.2, 0) is 22.7 Å². The van der Waals surface area contributed by atoms with E-state index in [-0.39, 0.29) is 35.7 Å². The molecule has 2 fully saturated rings. The van der Waals surface area contributed by atoms with Crippen molar-refractivity contribution in [2.45, 2.75) is 50.5 Å². The second kappa shape index (κ2) is 10.9. The number of ether oxygens (including phenoxy) is 1. The second-order valence-corrected chi connectivity index (χ2v) is 9.17. The van der Waals surface area contributed by atoms with Crippen LogP contribution in [0.3, 0.4) is 0 Å². The minimum atomic E-state index is -0.215. The van der Waals surface area contributed by atoms with E-state index in [0.717, 1.165) is 29.8 Å². The Balaban J connectivity index is 1.30. The molecule has 0 spiro atoms. The molecule has 2 amide bonds. The van der Waals surface area contributed by atoms with E-state index in [9.17, 15) is 14.7 Å². The van der Waals surface area contributed by atoms with Crippen LogP contribution in [0.4, 0.5) is 0 Å². The molecule has 2 aliphatic rings. The number of benzene rings is 2. The van der Waals surface area contributed by atoms with Crippen LogP contribution in [0.1, 0.15) is 30.4 Å². The van der Waals surface area contributed by atoms with E-state index in [1.54, 1.807) is 19.2 Å². The molecular weight excluding hydrogens is 432 g/mol. The number of rotatable bonds is 8. The zero-order valence-electron chi connectivity index (χ0n) is 19.9. The molecule has 34 heavy (non-hydrogen) atoms. The fourth-order valence-corrected chi connectivity index (χ4v) is 4.99. The van der Waals surface area contributed by atoms with Gasteiger partial charge in [-0.2, -0.15) is 0 Å². The molecule has 2 aliphatic heterocycles. The number of phenolic OH excluding ortho intramolecular Hbond substituents is 1. The molecular formula is C26H34N4O4. The third-order valence-electron chi connectivity index (χ3n) is 7.02. The SMILES string of the molecule is COc1ccc(CNC(=O)CCC2CNC(=O)C3C(CCN3Cc3ccc(O)cc3)N2C)cc1. The first kappa shape index (κ1) is 24.0. The minimum Gasteiger partial charge on any atom is -0.508 e. The molecule has 4 rings (SSSR count). The summed E-state index contributed by atoms with van der Waals surface area (Å²) in [6.07, 6.45) is 2.01. The number of nitrogens with zero attached hydrogens (tertiary/aromatic N) is 2. The van der Waals surface area contributed by atoms with Gasteiger partial charge in [-0.05, 0) is 55.3 Å². The molecule has 0 aromatic heterocycles. The van der Waals surface area contributed by atoms with Gasteiger partial charge in [0.1, 0.15) is 17.5 Å². The van der Waals surface area contributed by atoms with E-state index in [1.807, 2.05) is 36.4 Å². The maximum Gasteiger partial charge on any atom is 0.239 e. The molecule has 3 atom stereocenters. The van der Waals surface area contributed by atoms with Crippen LogP contribution in [0.2, 0.25) is 0 Å². The number of phenols is 1. The summed E-state index contributed by atoms with van der Waals surface area (Å²) < 4.78 is 5.16. The topological polar surface area (TPSA) is 94.1 Å². The Morgan fingerprint density at radius 2 is 1.85 bits per heavy atom. The van der Waals surface area contributed by atoms with Gasteiger partial charge in [-0.3, -0.25) is 19.4 Å². The lowest BCUT2D eigenvalue weighted by atomic mass is 10.0. The summed E-state index contributed by atoms with van der Waals surface area (Å²) in [6.45, 7) is 2.53. The highest BCUT2D eigenvalue weighted by Crippen LogP contribution is 2.28. The van der Waals surface area contributed by atoms with Crippen molar-refractivity contribution in [2.24, 2.45) is 0 Å². The molecule has 182 valence electrons. The normalized spacial score (nSPS) is 23.1. The maximum atomic E-state index is 13.0. The van der Waals surface area contributed by atoms with Crippen molar-refractivity contribution in [3.8, 4) is 11.5 Å². The number of likely N-dealkylation sites (tertiary alicyclic amines) is 1. The third kappa shape index (κ3) is 5.69. The highest BCUT2D eigenvalue weighted by atomic mass is 16.5. The van der Waals surface area contributed by atoms with Crippen molar-refractivity contribution in [1.29, 1.82) is 0 Å². The Bertz CT molecular complexity index is 979. The third-order valence-corrected chi connectivity index (χ3v) is 7.02.